The molecule has 0 aromatic carbocycles. The minimum Gasteiger partial charge on any atom is -0.466 e. The molecule has 1 aromatic heterocycles. The highest BCUT2D eigenvalue weighted by Gasteiger charge is 2.40. The molecule has 3 nitrogen and oxygen atoms in total. The van der Waals surface area contributed by atoms with Gasteiger partial charge in [0.05, 0.1) is 13.0 Å². The molecule has 0 radical (unpaired) electrons. The van der Waals surface area contributed by atoms with Gasteiger partial charge in [-0.3, -0.25) is 4.79 Å². The predicted molar refractivity (Wildman–Crippen MR) is 54.6 cm³/mol. The Morgan fingerprint density at radius 3 is 2.20 bits per heavy atom. The topological polar surface area (TPSA) is 39.2 Å². The van der Waals surface area contributed by atoms with Crippen LogP contribution in [0.25, 0.3) is 0 Å². The second-order valence-corrected chi connectivity index (χ2v) is 3.68. The molecule has 1 aromatic rings. The highest BCUT2D eigenvalue weighted by Crippen LogP contribution is 2.34. The Balaban J connectivity index is 3.21. The monoisotopic (exact) mass is 301 g/mol. The Morgan fingerprint density at radius 2 is 1.75 bits per heavy atom. The fraction of sp³-hybridized carbons (Fsp3) is 0.455. The first kappa shape index (κ1) is 16.3. The molecule has 0 spiro atoms. The van der Waals surface area contributed by atoms with Crippen molar-refractivity contribution in [1.29, 1.82) is 0 Å². The zero-order valence-corrected chi connectivity index (χ0v) is 10.1. The van der Waals surface area contributed by atoms with Crippen LogP contribution >= 0.6 is 0 Å². The standard InChI is InChI=1S/C11H9F6NO2/c1-2-20-8(19)5-6-3-4-7(10(12,13)14)18-9(6)11(15,16)17/h3-4H,2,5H2,1H3. The summed E-state index contributed by atoms with van der Waals surface area (Å²) >= 11 is 0. The molecule has 0 unspecified atom stereocenters. The van der Waals surface area contributed by atoms with Crippen LogP contribution in [0.4, 0.5) is 26.3 Å². The average molecular weight is 301 g/mol. The van der Waals surface area contributed by atoms with Crippen molar-refractivity contribution < 1.29 is 35.9 Å². The summed E-state index contributed by atoms with van der Waals surface area (Å²) in [7, 11) is 0. The summed E-state index contributed by atoms with van der Waals surface area (Å²) in [5.74, 6) is -0.973. The van der Waals surface area contributed by atoms with Crippen molar-refractivity contribution in [3.05, 3.63) is 29.1 Å². The van der Waals surface area contributed by atoms with Gasteiger partial charge in [-0.05, 0) is 18.6 Å². The van der Waals surface area contributed by atoms with Gasteiger partial charge in [-0.15, -0.1) is 0 Å². The van der Waals surface area contributed by atoms with E-state index in [9.17, 15) is 31.1 Å². The molecule has 9 heteroatoms. The molecule has 1 heterocycles. The third-order valence-electron chi connectivity index (χ3n) is 2.18. The summed E-state index contributed by atoms with van der Waals surface area (Å²) in [4.78, 5) is 13.7. The van der Waals surface area contributed by atoms with Gasteiger partial charge in [-0.2, -0.15) is 26.3 Å². The molecule has 0 aliphatic heterocycles. The maximum atomic E-state index is 12.7. The molecule has 20 heavy (non-hydrogen) atoms. The molecule has 0 atom stereocenters. The number of carbonyl (C=O) groups is 1. The Kier molecular flexibility index (Phi) is 4.61. The number of rotatable bonds is 3. The SMILES string of the molecule is CCOC(=O)Cc1ccc(C(F)(F)F)nc1C(F)(F)F. The van der Waals surface area contributed by atoms with Crippen molar-refractivity contribution in [3.8, 4) is 0 Å². The normalized spacial score (nSPS) is 12.3. The maximum Gasteiger partial charge on any atom is 0.433 e. The number of aromatic nitrogens is 1. The third kappa shape index (κ3) is 4.10. The number of esters is 1. The second kappa shape index (κ2) is 5.68. The number of halogens is 6. The minimum atomic E-state index is -5.09. The van der Waals surface area contributed by atoms with Crippen LogP contribution in [-0.4, -0.2) is 17.6 Å². The molecule has 0 saturated heterocycles. The average Bonchev–Trinajstić information content (AvgIpc) is 2.26. The minimum absolute atomic E-state index is 0.0474. The number of hydrogen-bond donors (Lipinski definition) is 0. The van der Waals surface area contributed by atoms with E-state index in [1.807, 2.05) is 0 Å². The van der Waals surface area contributed by atoms with Crippen molar-refractivity contribution in [1.82, 2.24) is 4.98 Å². The van der Waals surface area contributed by atoms with Crippen LogP contribution in [-0.2, 0) is 28.3 Å². The van der Waals surface area contributed by atoms with Crippen LogP contribution in [0.2, 0.25) is 0 Å². The summed E-state index contributed by atoms with van der Waals surface area (Å²) in [6, 6.07) is 0.972. The molecular weight excluding hydrogens is 292 g/mol. The van der Waals surface area contributed by atoms with E-state index >= 15 is 0 Å². The number of nitrogens with zero attached hydrogens (tertiary/aromatic N) is 1. The van der Waals surface area contributed by atoms with Crippen molar-refractivity contribution in [2.45, 2.75) is 25.7 Å². The van der Waals surface area contributed by atoms with E-state index in [1.165, 1.54) is 6.92 Å². The van der Waals surface area contributed by atoms with Gasteiger partial charge in [0.2, 0.25) is 0 Å². The first-order valence-electron chi connectivity index (χ1n) is 5.35. The van der Waals surface area contributed by atoms with Gasteiger partial charge in [-0.25, -0.2) is 4.98 Å². The zero-order chi connectivity index (χ0) is 15.6. The van der Waals surface area contributed by atoms with Crippen molar-refractivity contribution in [2.24, 2.45) is 0 Å². The van der Waals surface area contributed by atoms with Gasteiger partial charge >= 0.3 is 18.3 Å². The molecule has 112 valence electrons. The lowest BCUT2D eigenvalue weighted by Crippen LogP contribution is -2.19. The van der Waals surface area contributed by atoms with Crippen LogP contribution < -0.4 is 0 Å². The quantitative estimate of drug-likeness (QED) is 0.635. The summed E-state index contributed by atoms with van der Waals surface area (Å²) in [5, 5.41) is 0. The Bertz CT molecular complexity index is 495. The van der Waals surface area contributed by atoms with E-state index in [4.69, 9.17) is 0 Å². The first-order valence-corrected chi connectivity index (χ1v) is 5.35. The summed E-state index contributed by atoms with van der Waals surface area (Å²) in [6.07, 6.45) is -10.9. The fourth-order valence-electron chi connectivity index (χ4n) is 1.40. The fourth-order valence-corrected chi connectivity index (χ4v) is 1.40. The Hall–Kier alpha value is -1.80. The lowest BCUT2D eigenvalue weighted by molar-refractivity contribution is -0.150. The second-order valence-electron chi connectivity index (χ2n) is 3.68. The smallest absolute Gasteiger partial charge is 0.433 e. The third-order valence-corrected chi connectivity index (χ3v) is 2.18. The van der Waals surface area contributed by atoms with Crippen LogP contribution in [0, 0.1) is 0 Å². The van der Waals surface area contributed by atoms with E-state index in [-0.39, 0.29) is 6.61 Å². The summed E-state index contributed by atoms with van der Waals surface area (Å²) in [5.41, 5.74) is -4.07. The van der Waals surface area contributed by atoms with Crippen molar-refractivity contribution in [3.63, 3.8) is 0 Å². The predicted octanol–water partition coefficient (Wildman–Crippen LogP) is 3.22. The van der Waals surface area contributed by atoms with Crippen LogP contribution in [0.15, 0.2) is 12.1 Å². The van der Waals surface area contributed by atoms with Gasteiger partial charge in [0.15, 0.2) is 0 Å². The first-order chi connectivity index (χ1) is 9.05. The molecule has 0 N–H and O–H groups in total. The number of carbonyl (C=O) groups excluding carboxylic acids is 1. The van der Waals surface area contributed by atoms with E-state index in [2.05, 4.69) is 9.72 Å². The summed E-state index contributed by atoms with van der Waals surface area (Å²) < 4.78 is 79.5. The lowest BCUT2D eigenvalue weighted by atomic mass is 10.1. The van der Waals surface area contributed by atoms with Crippen molar-refractivity contribution >= 4 is 5.97 Å². The highest BCUT2D eigenvalue weighted by atomic mass is 19.4. The van der Waals surface area contributed by atoms with Gasteiger partial charge < -0.3 is 4.74 Å². The molecule has 0 aliphatic rings. The van der Waals surface area contributed by atoms with Crippen LogP contribution in [0.1, 0.15) is 23.9 Å². The zero-order valence-electron chi connectivity index (χ0n) is 10.1. The Morgan fingerprint density at radius 1 is 1.15 bits per heavy atom. The molecule has 0 aliphatic carbocycles. The van der Waals surface area contributed by atoms with Gasteiger partial charge in [0, 0.05) is 0 Å². The number of pyridine rings is 1. The van der Waals surface area contributed by atoms with Gasteiger partial charge in [0.1, 0.15) is 11.4 Å². The number of alkyl halides is 6. The summed E-state index contributed by atoms with van der Waals surface area (Å²) in [6.45, 7) is 1.40. The molecule has 0 saturated carbocycles. The molecule has 0 bridgehead atoms. The lowest BCUT2D eigenvalue weighted by Gasteiger charge is -2.14. The number of hydrogen-bond acceptors (Lipinski definition) is 3. The van der Waals surface area contributed by atoms with Gasteiger partial charge in [0.25, 0.3) is 0 Å². The van der Waals surface area contributed by atoms with E-state index in [0.29, 0.717) is 12.1 Å². The molecule has 0 amide bonds. The highest BCUT2D eigenvalue weighted by molar-refractivity contribution is 5.72. The van der Waals surface area contributed by atoms with E-state index in [1.54, 1.807) is 0 Å². The number of ether oxygens (including phenoxy) is 1. The largest absolute Gasteiger partial charge is 0.466 e. The van der Waals surface area contributed by atoms with Crippen LogP contribution in [0.5, 0.6) is 0 Å². The van der Waals surface area contributed by atoms with E-state index in [0.717, 1.165) is 0 Å². The van der Waals surface area contributed by atoms with Gasteiger partial charge in [-0.1, -0.05) is 6.07 Å². The molecular formula is C11H9F6NO2. The maximum absolute atomic E-state index is 12.7. The molecule has 0 fully saturated rings. The Labute approximate surface area is 109 Å². The van der Waals surface area contributed by atoms with Crippen molar-refractivity contribution in [2.75, 3.05) is 6.61 Å². The van der Waals surface area contributed by atoms with E-state index < -0.39 is 41.7 Å². The van der Waals surface area contributed by atoms with Crippen LogP contribution in [0.3, 0.4) is 0 Å². The molecule has 1 rings (SSSR count).